The minimum absolute atomic E-state index is 0.876. The zero-order chi connectivity index (χ0) is 13.9. The van der Waals surface area contributed by atoms with Gasteiger partial charge in [-0.15, -0.1) is 0 Å². The molecule has 0 aliphatic carbocycles. The van der Waals surface area contributed by atoms with Crippen molar-refractivity contribution in [3.8, 4) is 5.75 Å². The Bertz CT molecular complexity index is 717. The molecule has 20 heavy (non-hydrogen) atoms. The molecule has 0 aliphatic rings. The van der Waals surface area contributed by atoms with Crippen LogP contribution >= 0.6 is 0 Å². The zero-order valence-corrected chi connectivity index (χ0v) is 11.7. The molecule has 0 fully saturated rings. The third kappa shape index (κ3) is 2.21. The lowest BCUT2D eigenvalue weighted by molar-refractivity contribution is 0.415. The summed E-state index contributed by atoms with van der Waals surface area (Å²) >= 11 is 0. The molecule has 0 saturated heterocycles. The van der Waals surface area contributed by atoms with Crippen LogP contribution in [0.2, 0.25) is 0 Å². The lowest BCUT2D eigenvalue weighted by Crippen LogP contribution is -1.89. The Morgan fingerprint density at radius 2 is 1.80 bits per heavy atom. The van der Waals surface area contributed by atoms with Crippen molar-refractivity contribution >= 4 is 16.5 Å². The molecule has 3 aromatic rings. The first-order chi connectivity index (χ1) is 9.81. The third-order valence-corrected chi connectivity index (χ3v) is 3.51. The molecular weight excluding hydrogens is 246 g/mol. The summed E-state index contributed by atoms with van der Waals surface area (Å²) in [5.41, 5.74) is 4.68. The number of benzene rings is 2. The normalized spacial score (nSPS) is 11.8. The number of hydrogen-bond acceptors (Lipinski definition) is 1. The average molecular weight is 263 g/mol. The van der Waals surface area contributed by atoms with Crippen LogP contribution in [0.25, 0.3) is 16.5 Å². The number of ether oxygens (including phenoxy) is 1. The van der Waals surface area contributed by atoms with Gasteiger partial charge < -0.3 is 9.72 Å². The number of H-pyrrole nitrogens is 1. The van der Waals surface area contributed by atoms with Gasteiger partial charge in [-0.2, -0.15) is 0 Å². The van der Waals surface area contributed by atoms with Crippen molar-refractivity contribution < 1.29 is 4.74 Å². The van der Waals surface area contributed by atoms with Gasteiger partial charge in [0.2, 0.25) is 0 Å². The van der Waals surface area contributed by atoms with Gasteiger partial charge in [-0.25, -0.2) is 0 Å². The second kappa shape index (κ2) is 5.25. The Balaban J connectivity index is 2.04. The van der Waals surface area contributed by atoms with Gasteiger partial charge in [0.1, 0.15) is 5.75 Å². The predicted molar refractivity (Wildman–Crippen MR) is 84.0 cm³/mol. The van der Waals surface area contributed by atoms with E-state index in [1.165, 1.54) is 16.5 Å². The van der Waals surface area contributed by atoms with Crippen LogP contribution in [0.1, 0.15) is 18.2 Å². The molecule has 0 saturated carbocycles. The lowest BCUT2D eigenvalue weighted by Gasteiger charge is -2.06. The van der Waals surface area contributed by atoms with E-state index in [1.807, 2.05) is 18.2 Å². The fourth-order valence-corrected chi connectivity index (χ4v) is 2.47. The second-order valence-electron chi connectivity index (χ2n) is 4.70. The Labute approximate surface area is 118 Å². The molecule has 0 bridgehead atoms. The number of rotatable bonds is 3. The van der Waals surface area contributed by atoms with Crippen molar-refractivity contribution in [1.29, 1.82) is 0 Å². The fourth-order valence-electron chi connectivity index (χ4n) is 2.47. The molecular formula is C18H17NO. The number of fused-ring (bicyclic) bond motifs is 1. The number of nitrogens with one attached hydrogen (secondary N) is 1. The van der Waals surface area contributed by atoms with Gasteiger partial charge in [0.15, 0.2) is 0 Å². The number of aromatic amines is 1. The topological polar surface area (TPSA) is 25.0 Å². The molecule has 1 heterocycles. The standard InChI is InChI=1S/C18H17NO/c1-3-16(13-8-10-15(20-2)11-9-13)18-12-14-6-4-5-7-17(14)19-18/h3-12,19H,1-2H3/b16-3+. The lowest BCUT2D eigenvalue weighted by atomic mass is 10.0. The summed E-state index contributed by atoms with van der Waals surface area (Å²) in [6, 6.07) is 18.7. The van der Waals surface area contributed by atoms with Gasteiger partial charge in [-0.1, -0.05) is 36.4 Å². The second-order valence-corrected chi connectivity index (χ2v) is 4.70. The van der Waals surface area contributed by atoms with Crippen molar-refractivity contribution in [3.63, 3.8) is 0 Å². The minimum atomic E-state index is 0.876. The highest BCUT2D eigenvalue weighted by Crippen LogP contribution is 2.27. The van der Waals surface area contributed by atoms with E-state index in [4.69, 9.17) is 4.74 Å². The Morgan fingerprint density at radius 1 is 1.05 bits per heavy atom. The largest absolute Gasteiger partial charge is 0.497 e. The third-order valence-electron chi connectivity index (χ3n) is 3.51. The van der Waals surface area contributed by atoms with Crippen LogP contribution in [-0.2, 0) is 0 Å². The maximum absolute atomic E-state index is 5.21. The summed E-state index contributed by atoms with van der Waals surface area (Å²) in [7, 11) is 1.68. The molecule has 2 aromatic carbocycles. The van der Waals surface area contributed by atoms with Crippen molar-refractivity contribution in [2.75, 3.05) is 7.11 Å². The monoisotopic (exact) mass is 263 g/mol. The molecule has 2 nitrogen and oxygen atoms in total. The Kier molecular flexibility index (Phi) is 3.30. The van der Waals surface area contributed by atoms with E-state index < -0.39 is 0 Å². The van der Waals surface area contributed by atoms with E-state index in [0.29, 0.717) is 0 Å². The molecule has 2 heteroatoms. The fraction of sp³-hybridized carbons (Fsp3) is 0.111. The predicted octanol–water partition coefficient (Wildman–Crippen LogP) is 4.63. The van der Waals surface area contributed by atoms with Crippen molar-refractivity contribution in [1.82, 2.24) is 4.98 Å². The molecule has 0 amide bonds. The van der Waals surface area contributed by atoms with Gasteiger partial charge in [0.25, 0.3) is 0 Å². The Hall–Kier alpha value is -2.48. The summed E-state index contributed by atoms with van der Waals surface area (Å²) in [5.74, 6) is 0.876. The first kappa shape index (κ1) is 12.5. The molecule has 3 rings (SSSR count). The molecule has 0 atom stereocenters. The average Bonchev–Trinajstić information content (AvgIpc) is 2.92. The zero-order valence-electron chi connectivity index (χ0n) is 11.7. The molecule has 0 unspecified atom stereocenters. The van der Waals surface area contributed by atoms with Crippen LogP contribution in [0.4, 0.5) is 0 Å². The highest BCUT2D eigenvalue weighted by atomic mass is 16.5. The highest BCUT2D eigenvalue weighted by Gasteiger charge is 2.07. The molecule has 0 spiro atoms. The van der Waals surface area contributed by atoms with Gasteiger partial charge in [0.05, 0.1) is 7.11 Å². The van der Waals surface area contributed by atoms with Gasteiger partial charge in [0, 0.05) is 22.2 Å². The summed E-state index contributed by atoms with van der Waals surface area (Å²) in [5, 5.41) is 1.23. The quantitative estimate of drug-likeness (QED) is 0.732. The van der Waals surface area contributed by atoms with Crippen molar-refractivity contribution in [2.24, 2.45) is 0 Å². The molecule has 0 radical (unpaired) electrons. The maximum Gasteiger partial charge on any atom is 0.118 e. The van der Waals surface area contributed by atoms with Crippen LogP contribution in [-0.4, -0.2) is 12.1 Å². The van der Waals surface area contributed by atoms with Crippen LogP contribution in [0.5, 0.6) is 5.75 Å². The van der Waals surface area contributed by atoms with Crippen LogP contribution in [0, 0.1) is 0 Å². The van der Waals surface area contributed by atoms with Crippen LogP contribution < -0.4 is 4.74 Å². The smallest absolute Gasteiger partial charge is 0.118 e. The van der Waals surface area contributed by atoms with E-state index in [9.17, 15) is 0 Å². The van der Waals surface area contributed by atoms with Gasteiger partial charge in [-0.3, -0.25) is 0 Å². The maximum atomic E-state index is 5.21. The molecule has 100 valence electrons. The molecule has 0 aliphatic heterocycles. The van der Waals surface area contributed by atoms with Crippen LogP contribution in [0.15, 0.2) is 60.7 Å². The van der Waals surface area contributed by atoms with E-state index in [-0.39, 0.29) is 0 Å². The number of methoxy groups -OCH3 is 1. The SMILES string of the molecule is C/C=C(\c1ccc(OC)cc1)c1cc2ccccc2[nH]1. The van der Waals surface area contributed by atoms with Gasteiger partial charge in [-0.05, 0) is 36.8 Å². The number of para-hydroxylation sites is 1. The highest BCUT2D eigenvalue weighted by molar-refractivity contribution is 5.88. The first-order valence-electron chi connectivity index (χ1n) is 6.70. The molecule has 1 N–H and O–H groups in total. The summed E-state index contributed by atoms with van der Waals surface area (Å²) in [4.78, 5) is 3.47. The first-order valence-corrected chi connectivity index (χ1v) is 6.70. The van der Waals surface area contributed by atoms with E-state index in [1.54, 1.807) is 7.11 Å². The van der Waals surface area contributed by atoms with E-state index in [2.05, 4.69) is 54.4 Å². The summed E-state index contributed by atoms with van der Waals surface area (Å²) in [6.45, 7) is 2.06. The van der Waals surface area contributed by atoms with E-state index in [0.717, 1.165) is 17.0 Å². The van der Waals surface area contributed by atoms with Crippen LogP contribution in [0.3, 0.4) is 0 Å². The summed E-state index contributed by atoms with van der Waals surface area (Å²) < 4.78 is 5.21. The number of allylic oxidation sites excluding steroid dienone is 1. The number of hydrogen-bond donors (Lipinski definition) is 1. The Morgan fingerprint density at radius 3 is 2.45 bits per heavy atom. The number of aromatic nitrogens is 1. The molecule has 1 aromatic heterocycles. The van der Waals surface area contributed by atoms with E-state index >= 15 is 0 Å². The minimum Gasteiger partial charge on any atom is -0.497 e. The summed E-state index contributed by atoms with van der Waals surface area (Å²) in [6.07, 6.45) is 2.13. The van der Waals surface area contributed by atoms with Crippen molar-refractivity contribution in [2.45, 2.75) is 6.92 Å². The van der Waals surface area contributed by atoms with Gasteiger partial charge >= 0.3 is 0 Å². The van der Waals surface area contributed by atoms with Crippen molar-refractivity contribution in [3.05, 3.63) is 71.9 Å².